The Morgan fingerprint density at radius 1 is 0.247 bits per heavy atom. The summed E-state index contributed by atoms with van der Waals surface area (Å²) in [6.45, 7) is 6.87. The van der Waals surface area contributed by atoms with Crippen LogP contribution in [-0.4, -0.2) is 13.5 Å². The SMILES string of the molecule is CC(C)(C)c1ccc(-c2cc3c4cc5ccc(N(c6ccccc6)c6ccc7c(c6)c6ccccc6n7-c6ccccc6)cc5cc4n4c5cc6cc(N(c7ccccc7)c7ccc8c(c7)c7ccccc7n8-c7ccccc7)ccc6cc5c(c2)c34)cc1. The van der Waals surface area contributed by atoms with Crippen LogP contribution in [0.4, 0.5) is 34.1 Å². The van der Waals surface area contributed by atoms with Crippen molar-refractivity contribution in [2.75, 3.05) is 9.80 Å². The second-order valence-corrected chi connectivity index (χ2v) is 25.0. The van der Waals surface area contributed by atoms with Gasteiger partial charge in [0.15, 0.2) is 0 Å². The van der Waals surface area contributed by atoms with Crippen LogP contribution in [0.5, 0.6) is 0 Å². The van der Waals surface area contributed by atoms with Crippen molar-refractivity contribution in [3.05, 3.63) is 309 Å². The molecule has 89 heavy (non-hydrogen) atoms. The standard InChI is InChI=1S/C84H59N5/c1-84(2,3)60-36-32-54(33-37-60)59-48-75-71-46-55-34-38-65(85(61-20-8-4-9-21-61)67-40-42-79-73(52-67)69-28-16-18-30-77(69)87(79)63-24-12-6-13-25-63)44-57(55)50-81(71)89-82-51-58-45-66(39-35-56(58)47-72(82)76(49-59)83(75)89)86(62-22-10-5-11-23-62)68-41-43-80-74(53-68)70-29-17-19-31-78(70)88(80)64-26-14-7-15-27-64/h4-53H,1-3H3. The van der Waals surface area contributed by atoms with Crippen molar-refractivity contribution in [1.82, 2.24) is 13.5 Å². The first kappa shape index (κ1) is 50.9. The number of benzene rings is 14. The molecule has 0 saturated carbocycles. The number of hydrogen-bond donors (Lipinski definition) is 0. The van der Waals surface area contributed by atoms with Crippen LogP contribution in [0.15, 0.2) is 303 Å². The van der Waals surface area contributed by atoms with Crippen LogP contribution < -0.4 is 9.80 Å². The van der Waals surface area contributed by atoms with Crippen LogP contribution in [0.3, 0.4) is 0 Å². The van der Waals surface area contributed by atoms with Gasteiger partial charge in [-0.15, -0.1) is 0 Å². The van der Waals surface area contributed by atoms with Gasteiger partial charge >= 0.3 is 0 Å². The van der Waals surface area contributed by atoms with Gasteiger partial charge in [-0.3, -0.25) is 0 Å². The highest BCUT2D eigenvalue weighted by Gasteiger charge is 2.24. The molecule has 18 rings (SSSR count). The van der Waals surface area contributed by atoms with E-state index in [1.165, 1.54) is 120 Å². The smallest absolute Gasteiger partial charge is 0.0620 e. The van der Waals surface area contributed by atoms with Crippen LogP contribution in [0.25, 0.3) is 126 Å². The monoisotopic (exact) mass is 1140 g/mol. The molecule has 420 valence electrons. The number of anilines is 6. The first-order valence-corrected chi connectivity index (χ1v) is 30.9. The molecular formula is C84H59N5. The minimum Gasteiger partial charge on any atom is -0.310 e. The summed E-state index contributed by atoms with van der Waals surface area (Å²) in [5, 5.41) is 14.6. The van der Waals surface area contributed by atoms with Gasteiger partial charge in [-0.2, -0.15) is 0 Å². The maximum absolute atomic E-state index is 2.57. The molecule has 5 heteroatoms. The molecule has 0 aliphatic rings. The zero-order chi connectivity index (χ0) is 59.1. The molecule has 5 nitrogen and oxygen atoms in total. The molecule has 4 aromatic heterocycles. The maximum Gasteiger partial charge on any atom is 0.0620 e. The topological polar surface area (TPSA) is 20.8 Å². The average Bonchev–Trinajstić information content (AvgIpc) is 1.62. The van der Waals surface area contributed by atoms with E-state index in [2.05, 4.69) is 347 Å². The van der Waals surface area contributed by atoms with Crippen LogP contribution in [0.2, 0.25) is 0 Å². The lowest BCUT2D eigenvalue weighted by Gasteiger charge is -2.26. The Bertz CT molecular complexity index is 5490. The molecule has 0 radical (unpaired) electrons. The van der Waals surface area contributed by atoms with Crippen molar-refractivity contribution >= 4 is 137 Å². The molecular weight excluding hydrogens is 1080 g/mol. The van der Waals surface area contributed by atoms with E-state index in [-0.39, 0.29) is 5.41 Å². The van der Waals surface area contributed by atoms with Gasteiger partial charge in [-0.1, -0.05) is 166 Å². The fourth-order valence-corrected chi connectivity index (χ4v) is 14.6. The van der Waals surface area contributed by atoms with Crippen molar-refractivity contribution in [2.24, 2.45) is 0 Å². The number of hydrogen-bond acceptors (Lipinski definition) is 2. The van der Waals surface area contributed by atoms with E-state index in [0.29, 0.717) is 0 Å². The molecule has 0 bridgehead atoms. The Labute approximate surface area is 515 Å². The minimum absolute atomic E-state index is 0.0523. The molecule has 0 unspecified atom stereocenters. The average molecular weight is 1140 g/mol. The van der Waals surface area contributed by atoms with Gasteiger partial charge < -0.3 is 23.3 Å². The third-order valence-electron chi connectivity index (χ3n) is 18.8. The van der Waals surface area contributed by atoms with Crippen molar-refractivity contribution in [3.8, 4) is 22.5 Å². The summed E-state index contributed by atoms with van der Waals surface area (Å²) in [6, 6.07) is 113. The molecule has 4 heterocycles. The Morgan fingerprint density at radius 2 is 0.629 bits per heavy atom. The summed E-state index contributed by atoms with van der Waals surface area (Å²) in [6.07, 6.45) is 0. The first-order chi connectivity index (χ1) is 43.8. The molecule has 0 saturated heterocycles. The fourth-order valence-electron chi connectivity index (χ4n) is 14.6. The molecule has 18 aromatic rings. The second-order valence-electron chi connectivity index (χ2n) is 25.0. The van der Waals surface area contributed by atoms with Gasteiger partial charge in [0.2, 0.25) is 0 Å². The van der Waals surface area contributed by atoms with Gasteiger partial charge in [0.1, 0.15) is 0 Å². The van der Waals surface area contributed by atoms with Crippen molar-refractivity contribution in [2.45, 2.75) is 26.2 Å². The predicted molar refractivity (Wildman–Crippen MR) is 378 cm³/mol. The predicted octanol–water partition coefficient (Wildman–Crippen LogP) is 23.2. The van der Waals surface area contributed by atoms with E-state index in [9.17, 15) is 0 Å². The zero-order valence-corrected chi connectivity index (χ0v) is 49.6. The molecule has 0 aliphatic heterocycles. The Hall–Kier alpha value is -11.4. The second kappa shape index (κ2) is 19.6. The summed E-state index contributed by atoms with van der Waals surface area (Å²) < 4.78 is 7.34. The van der Waals surface area contributed by atoms with Crippen LogP contribution >= 0.6 is 0 Å². The van der Waals surface area contributed by atoms with Gasteiger partial charge in [0.05, 0.1) is 38.6 Å². The number of fused-ring (bicyclic) bond motifs is 14. The lowest BCUT2D eigenvalue weighted by atomic mass is 9.86. The van der Waals surface area contributed by atoms with E-state index >= 15 is 0 Å². The van der Waals surface area contributed by atoms with E-state index in [4.69, 9.17) is 0 Å². The molecule has 0 fully saturated rings. The van der Waals surface area contributed by atoms with Gasteiger partial charge in [-0.05, 0) is 201 Å². The lowest BCUT2D eigenvalue weighted by molar-refractivity contribution is 0.590. The zero-order valence-electron chi connectivity index (χ0n) is 49.6. The molecule has 0 atom stereocenters. The van der Waals surface area contributed by atoms with Crippen LogP contribution in [0.1, 0.15) is 26.3 Å². The molecule has 0 aliphatic carbocycles. The van der Waals surface area contributed by atoms with E-state index in [0.717, 1.165) is 45.5 Å². The Balaban J connectivity index is 0.834. The summed E-state index contributed by atoms with van der Waals surface area (Å²) in [4.78, 5) is 4.83. The number of aromatic nitrogens is 3. The molecule has 0 amide bonds. The van der Waals surface area contributed by atoms with E-state index in [1.807, 2.05) is 0 Å². The van der Waals surface area contributed by atoms with Gasteiger partial charge in [0, 0.05) is 88.6 Å². The third kappa shape index (κ3) is 8.02. The molecule has 14 aromatic carbocycles. The Morgan fingerprint density at radius 3 is 1.08 bits per heavy atom. The third-order valence-corrected chi connectivity index (χ3v) is 18.8. The van der Waals surface area contributed by atoms with E-state index in [1.54, 1.807) is 0 Å². The Kier molecular flexibility index (Phi) is 11.2. The van der Waals surface area contributed by atoms with Crippen LogP contribution in [-0.2, 0) is 5.41 Å². The number of para-hydroxylation sites is 6. The highest BCUT2D eigenvalue weighted by atomic mass is 15.1. The molecule has 0 N–H and O–H groups in total. The molecule has 0 spiro atoms. The summed E-state index contributed by atoms with van der Waals surface area (Å²) in [7, 11) is 0. The minimum atomic E-state index is 0.0523. The number of nitrogens with zero attached hydrogens (tertiary/aromatic N) is 5. The lowest BCUT2D eigenvalue weighted by Crippen LogP contribution is -2.10. The highest BCUT2D eigenvalue weighted by Crippen LogP contribution is 2.48. The fraction of sp³-hybridized carbons (Fsp3) is 0.0476. The van der Waals surface area contributed by atoms with Crippen molar-refractivity contribution < 1.29 is 0 Å². The van der Waals surface area contributed by atoms with E-state index < -0.39 is 0 Å². The summed E-state index contributed by atoms with van der Waals surface area (Å²) >= 11 is 0. The van der Waals surface area contributed by atoms with Crippen LogP contribution in [0, 0.1) is 0 Å². The first-order valence-electron chi connectivity index (χ1n) is 30.9. The normalized spacial score (nSPS) is 12.2. The van der Waals surface area contributed by atoms with Gasteiger partial charge in [0.25, 0.3) is 0 Å². The number of rotatable bonds is 9. The quantitative estimate of drug-likeness (QED) is 0.144. The van der Waals surface area contributed by atoms with Crippen molar-refractivity contribution in [1.29, 1.82) is 0 Å². The largest absolute Gasteiger partial charge is 0.310 e. The van der Waals surface area contributed by atoms with Crippen molar-refractivity contribution in [3.63, 3.8) is 0 Å². The highest BCUT2D eigenvalue weighted by molar-refractivity contribution is 6.27. The summed E-state index contributed by atoms with van der Waals surface area (Å²) in [5.41, 5.74) is 21.1. The maximum atomic E-state index is 2.57. The van der Waals surface area contributed by atoms with Gasteiger partial charge in [-0.25, -0.2) is 0 Å². The summed E-state index contributed by atoms with van der Waals surface area (Å²) in [5.74, 6) is 0.